The lowest BCUT2D eigenvalue weighted by Crippen LogP contribution is -1.97. The smallest absolute Gasteiger partial charge is 0.232 e. The van der Waals surface area contributed by atoms with E-state index in [1.54, 1.807) is 12.1 Å². The minimum Gasteiger partial charge on any atom is -0.486 e. The third-order valence-electron chi connectivity index (χ3n) is 3.07. The second-order valence-electron chi connectivity index (χ2n) is 4.67. The van der Waals surface area contributed by atoms with Crippen molar-refractivity contribution >= 4 is 0 Å². The van der Waals surface area contributed by atoms with Crippen molar-refractivity contribution in [1.82, 2.24) is 9.97 Å². The molecule has 118 valence electrons. The lowest BCUT2D eigenvalue weighted by Gasteiger charge is -2.03. The van der Waals surface area contributed by atoms with Crippen LogP contribution in [0.5, 0.6) is 5.75 Å². The largest absolute Gasteiger partial charge is 0.486 e. The van der Waals surface area contributed by atoms with E-state index in [0.717, 1.165) is 12.1 Å². The number of oxazole rings is 1. The van der Waals surface area contributed by atoms with Gasteiger partial charge in [0.2, 0.25) is 5.89 Å². The molecule has 0 atom stereocenters. The summed E-state index contributed by atoms with van der Waals surface area (Å²) in [5, 5.41) is 8.91. The molecule has 0 fully saturated rings. The van der Waals surface area contributed by atoms with Gasteiger partial charge in [0.05, 0.1) is 18.5 Å². The van der Waals surface area contributed by atoms with Crippen LogP contribution in [-0.4, -0.2) is 15.1 Å². The van der Waals surface area contributed by atoms with Crippen LogP contribution in [0.4, 0.5) is 8.78 Å². The summed E-state index contributed by atoms with van der Waals surface area (Å²) in [4.78, 5) is 7.99. The van der Waals surface area contributed by atoms with Crippen molar-refractivity contribution in [2.24, 2.45) is 0 Å². The van der Waals surface area contributed by atoms with Crippen molar-refractivity contribution in [2.75, 3.05) is 0 Å². The first kappa shape index (κ1) is 15.1. The van der Waals surface area contributed by atoms with E-state index in [2.05, 4.69) is 9.97 Å². The predicted molar refractivity (Wildman–Crippen MR) is 76.3 cm³/mol. The summed E-state index contributed by atoms with van der Waals surface area (Å²) in [6.45, 7) is -0.0964. The van der Waals surface area contributed by atoms with Crippen LogP contribution in [0.3, 0.4) is 0 Å². The molecule has 0 radical (unpaired) electrons. The van der Waals surface area contributed by atoms with E-state index in [0.29, 0.717) is 17.1 Å². The zero-order chi connectivity index (χ0) is 16.2. The quantitative estimate of drug-likeness (QED) is 0.783. The molecule has 5 nitrogen and oxygen atoms in total. The van der Waals surface area contributed by atoms with Gasteiger partial charge in [-0.3, -0.25) is 4.98 Å². The zero-order valence-corrected chi connectivity index (χ0v) is 11.9. The number of aliphatic hydroxyl groups is 1. The van der Waals surface area contributed by atoms with Gasteiger partial charge in [0, 0.05) is 0 Å². The molecule has 1 N–H and O–H groups in total. The van der Waals surface area contributed by atoms with Crippen molar-refractivity contribution in [2.45, 2.75) is 13.2 Å². The minimum atomic E-state index is -0.747. The van der Waals surface area contributed by atoms with Gasteiger partial charge in [0.1, 0.15) is 41.5 Å². The maximum atomic E-state index is 13.7. The summed E-state index contributed by atoms with van der Waals surface area (Å²) in [6.07, 6.45) is 2.74. The van der Waals surface area contributed by atoms with Gasteiger partial charge in [-0.1, -0.05) is 6.07 Å². The van der Waals surface area contributed by atoms with Crippen LogP contribution >= 0.6 is 0 Å². The molecular weight excluding hydrogens is 306 g/mol. The molecule has 23 heavy (non-hydrogen) atoms. The Labute approximate surface area is 130 Å². The van der Waals surface area contributed by atoms with E-state index in [1.807, 2.05) is 0 Å². The molecule has 0 spiro atoms. The van der Waals surface area contributed by atoms with E-state index in [4.69, 9.17) is 14.3 Å². The maximum absolute atomic E-state index is 13.7. The molecule has 0 saturated heterocycles. The van der Waals surface area contributed by atoms with E-state index < -0.39 is 11.6 Å². The number of pyridine rings is 1. The average Bonchev–Trinajstić information content (AvgIpc) is 3.02. The van der Waals surface area contributed by atoms with Gasteiger partial charge in [0.15, 0.2) is 0 Å². The van der Waals surface area contributed by atoms with Crippen molar-refractivity contribution in [3.05, 3.63) is 65.8 Å². The van der Waals surface area contributed by atoms with E-state index in [1.165, 1.54) is 18.5 Å². The van der Waals surface area contributed by atoms with Crippen molar-refractivity contribution in [3.63, 3.8) is 0 Å². The van der Waals surface area contributed by atoms with Crippen LogP contribution in [0.2, 0.25) is 0 Å². The highest BCUT2D eigenvalue weighted by atomic mass is 19.1. The number of halogens is 2. The topological polar surface area (TPSA) is 68.4 Å². The number of rotatable bonds is 5. The first-order valence-corrected chi connectivity index (χ1v) is 6.74. The molecule has 0 aliphatic heterocycles. The number of benzene rings is 1. The summed E-state index contributed by atoms with van der Waals surface area (Å²) in [5.41, 5.74) is 0.595. The lowest BCUT2D eigenvalue weighted by atomic mass is 10.2. The number of aromatic nitrogens is 2. The predicted octanol–water partition coefficient (Wildman–Crippen LogP) is 3.09. The van der Waals surface area contributed by atoms with Crippen molar-refractivity contribution < 1.29 is 23.0 Å². The van der Waals surface area contributed by atoms with Crippen LogP contribution in [0, 0.1) is 11.6 Å². The Morgan fingerprint density at radius 3 is 2.52 bits per heavy atom. The molecular formula is C16H12F2N2O3. The number of ether oxygens (including phenoxy) is 1. The number of nitrogens with zero attached hydrogens (tertiary/aromatic N) is 2. The fourth-order valence-corrected chi connectivity index (χ4v) is 1.94. The minimum absolute atomic E-state index is 0.0553. The van der Waals surface area contributed by atoms with Gasteiger partial charge in [-0.15, -0.1) is 0 Å². The fraction of sp³-hybridized carbons (Fsp3) is 0.125. The molecule has 0 unspecified atom stereocenters. The maximum Gasteiger partial charge on any atom is 0.232 e. The van der Waals surface area contributed by atoms with Gasteiger partial charge in [-0.05, 0) is 24.3 Å². The Bertz CT molecular complexity index is 783. The van der Waals surface area contributed by atoms with Gasteiger partial charge >= 0.3 is 0 Å². The summed E-state index contributed by atoms with van der Waals surface area (Å²) in [7, 11) is 0. The first-order valence-electron chi connectivity index (χ1n) is 6.74. The van der Waals surface area contributed by atoms with Gasteiger partial charge in [-0.2, -0.15) is 0 Å². The summed E-state index contributed by atoms with van der Waals surface area (Å²) in [5.74, 6) is -1.16. The van der Waals surface area contributed by atoms with E-state index in [9.17, 15) is 8.78 Å². The second-order valence-corrected chi connectivity index (χ2v) is 4.67. The van der Waals surface area contributed by atoms with Crippen LogP contribution in [0.25, 0.3) is 11.5 Å². The highest BCUT2D eigenvalue weighted by molar-refractivity contribution is 5.55. The van der Waals surface area contributed by atoms with Crippen LogP contribution in [-0.2, 0) is 13.2 Å². The Hall–Kier alpha value is -2.80. The SMILES string of the molecule is OCc1ccc(OCc2coc(-c3c(F)cccc3F)n2)cn1. The molecule has 3 rings (SSSR count). The standard InChI is InChI=1S/C16H12F2N2O3/c17-13-2-1-3-14(18)15(13)16-20-11(9-23-16)8-22-12-5-4-10(7-21)19-6-12/h1-6,9,21H,7-8H2. The summed E-state index contributed by atoms with van der Waals surface area (Å²) >= 11 is 0. The molecule has 0 aliphatic carbocycles. The van der Waals surface area contributed by atoms with Crippen molar-refractivity contribution in [3.8, 4) is 17.2 Å². The normalized spacial score (nSPS) is 10.7. The lowest BCUT2D eigenvalue weighted by molar-refractivity contribution is 0.274. The Balaban J connectivity index is 1.72. The van der Waals surface area contributed by atoms with E-state index in [-0.39, 0.29) is 24.7 Å². The van der Waals surface area contributed by atoms with Crippen LogP contribution in [0.15, 0.2) is 47.2 Å². The van der Waals surface area contributed by atoms with Gasteiger partial charge < -0.3 is 14.3 Å². The fourth-order valence-electron chi connectivity index (χ4n) is 1.94. The Morgan fingerprint density at radius 1 is 1.09 bits per heavy atom. The Kier molecular flexibility index (Phi) is 4.29. The molecule has 2 heterocycles. The second kappa shape index (κ2) is 6.53. The molecule has 0 saturated carbocycles. The van der Waals surface area contributed by atoms with Gasteiger partial charge in [0.25, 0.3) is 0 Å². The van der Waals surface area contributed by atoms with Crippen molar-refractivity contribution in [1.29, 1.82) is 0 Å². The third-order valence-corrected chi connectivity index (χ3v) is 3.07. The Morgan fingerprint density at radius 2 is 1.87 bits per heavy atom. The first-order chi connectivity index (χ1) is 11.2. The molecule has 0 aliphatic rings. The third kappa shape index (κ3) is 3.35. The zero-order valence-electron chi connectivity index (χ0n) is 11.9. The number of aliphatic hydroxyl groups excluding tert-OH is 1. The van der Waals surface area contributed by atoms with Crippen LogP contribution < -0.4 is 4.74 Å². The average molecular weight is 318 g/mol. The monoisotopic (exact) mass is 318 g/mol. The molecule has 0 bridgehead atoms. The number of hydrogen-bond acceptors (Lipinski definition) is 5. The highest BCUT2D eigenvalue weighted by Crippen LogP contribution is 2.25. The molecule has 7 heteroatoms. The summed E-state index contributed by atoms with van der Waals surface area (Å²) < 4.78 is 37.9. The highest BCUT2D eigenvalue weighted by Gasteiger charge is 2.16. The van der Waals surface area contributed by atoms with Crippen LogP contribution in [0.1, 0.15) is 11.4 Å². The molecule has 1 aromatic carbocycles. The molecule has 0 amide bonds. The molecule has 3 aromatic rings. The molecule has 2 aromatic heterocycles. The summed E-state index contributed by atoms with van der Waals surface area (Å²) in [6, 6.07) is 6.80. The number of hydrogen-bond donors (Lipinski definition) is 1. The van der Waals surface area contributed by atoms with E-state index >= 15 is 0 Å². The van der Waals surface area contributed by atoms with Gasteiger partial charge in [-0.25, -0.2) is 13.8 Å².